The summed E-state index contributed by atoms with van der Waals surface area (Å²) in [5, 5.41) is 2.67. The Kier molecular flexibility index (Phi) is 8.52. The highest BCUT2D eigenvalue weighted by molar-refractivity contribution is 7.92. The van der Waals surface area contributed by atoms with E-state index in [0.29, 0.717) is 37.7 Å². The quantitative estimate of drug-likeness (QED) is 0.473. The van der Waals surface area contributed by atoms with Crippen molar-refractivity contribution in [1.82, 2.24) is 9.62 Å². The summed E-state index contributed by atoms with van der Waals surface area (Å²) in [6.07, 6.45) is 1.05. The second-order valence-corrected chi connectivity index (χ2v) is 11.5. The lowest BCUT2D eigenvalue weighted by atomic mass is 10.2. The van der Waals surface area contributed by atoms with Crippen LogP contribution in [0.1, 0.15) is 6.92 Å². The maximum Gasteiger partial charge on any atom is 0.243 e. The molecular weight excluding hydrogens is 482 g/mol. The first-order chi connectivity index (χ1) is 16.1. The van der Waals surface area contributed by atoms with Crippen LogP contribution < -0.4 is 14.4 Å². The number of sulfonamides is 2. The maximum absolute atomic E-state index is 12.7. The topological polar surface area (TPSA) is 122 Å². The molecule has 10 nitrogen and oxygen atoms in total. The zero-order valence-corrected chi connectivity index (χ0v) is 20.7. The number of nitrogens with zero attached hydrogens (tertiary/aromatic N) is 2. The summed E-state index contributed by atoms with van der Waals surface area (Å²) in [4.78, 5) is 12.7. The van der Waals surface area contributed by atoms with Crippen molar-refractivity contribution in [2.45, 2.75) is 17.9 Å². The molecule has 1 N–H and O–H groups in total. The molecule has 0 radical (unpaired) electrons. The molecule has 186 valence electrons. The lowest BCUT2D eigenvalue weighted by molar-refractivity contribution is -0.121. The first-order valence-electron chi connectivity index (χ1n) is 10.7. The summed E-state index contributed by atoms with van der Waals surface area (Å²) in [5.74, 6) is -0.0184. The van der Waals surface area contributed by atoms with Crippen LogP contribution in [0.15, 0.2) is 59.5 Å². The van der Waals surface area contributed by atoms with Crippen LogP contribution in [0.3, 0.4) is 0 Å². The Hall–Kier alpha value is -2.67. The molecule has 1 aliphatic heterocycles. The fourth-order valence-corrected chi connectivity index (χ4v) is 6.10. The number of ether oxygens (including phenoxy) is 2. The van der Waals surface area contributed by atoms with Crippen molar-refractivity contribution in [1.29, 1.82) is 0 Å². The van der Waals surface area contributed by atoms with E-state index >= 15 is 0 Å². The van der Waals surface area contributed by atoms with Crippen LogP contribution in [-0.2, 0) is 29.6 Å². The zero-order valence-electron chi connectivity index (χ0n) is 19.1. The highest BCUT2D eigenvalue weighted by Gasteiger charge is 2.29. The fourth-order valence-electron chi connectivity index (χ4n) is 3.52. The van der Waals surface area contributed by atoms with Crippen LogP contribution in [0.4, 0.5) is 5.69 Å². The number of carbonyl (C=O) groups excluding carboxylic acids is 1. The van der Waals surface area contributed by atoms with Gasteiger partial charge in [0.05, 0.1) is 36.6 Å². The molecule has 0 aliphatic carbocycles. The number of hydrogen-bond donors (Lipinski definition) is 1. The molecule has 2 aromatic carbocycles. The molecule has 0 aromatic heterocycles. The van der Waals surface area contributed by atoms with E-state index in [9.17, 15) is 21.6 Å². The highest BCUT2D eigenvalue weighted by atomic mass is 32.2. The lowest BCUT2D eigenvalue weighted by Gasteiger charge is -2.28. The van der Waals surface area contributed by atoms with Gasteiger partial charge in [-0.25, -0.2) is 16.8 Å². The van der Waals surface area contributed by atoms with Crippen molar-refractivity contribution >= 4 is 31.6 Å². The van der Waals surface area contributed by atoms with Gasteiger partial charge in [0, 0.05) is 13.1 Å². The van der Waals surface area contributed by atoms with E-state index in [0.717, 1.165) is 10.6 Å². The number of nitrogens with one attached hydrogen (secondary N) is 1. The summed E-state index contributed by atoms with van der Waals surface area (Å²) < 4.78 is 63.1. The van der Waals surface area contributed by atoms with E-state index in [4.69, 9.17) is 9.47 Å². The molecule has 0 bridgehead atoms. The first-order valence-corrected chi connectivity index (χ1v) is 14.0. The number of rotatable bonds is 10. The maximum atomic E-state index is 12.7. The van der Waals surface area contributed by atoms with E-state index in [1.165, 1.54) is 23.4 Å². The van der Waals surface area contributed by atoms with Gasteiger partial charge < -0.3 is 14.8 Å². The molecule has 1 heterocycles. The fraction of sp³-hybridized carbons (Fsp3) is 0.409. The summed E-state index contributed by atoms with van der Waals surface area (Å²) in [6.45, 7) is 3.16. The third-order valence-electron chi connectivity index (χ3n) is 5.20. The summed E-state index contributed by atoms with van der Waals surface area (Å²) in [6, 6.07) is 13.5. The highest BCUT2D eigenvalue weighted by Crippen LogP contribution is 2.21. The van der Waals surface area contributed by atoms with E-state index in [1.807, 2.05) is 0 Å². The van der Waals surface area contributed by atoms with Gasteiger partial charge >= 0.3 is 0 Å². The molecule has 0 spiro atoms. The minimum absolute atomic E-state index is 0.123. The minimum atomic E-state index is -3.68. The minimum Gasteiger partial charge on any atom is -0.492 e. The van der Waals surface area contributed by atoms with Crippen molar-refractivity contribution in [2.75, 3.05) is 50.0 Å². The number of hydrogen-bond acceptors (Lipinski definition) is 7. The van der Waals surface area contributed by atoms with Crippen molar-refractivity contribution in [3.63, 3.8) is 0 Å². The molecule has 12 heteroatoms. The van der Waals surface area contributed by atoms with E-state index < -0.39 is 32.0 Å². The van der Waals surface area contributed by atoms with Crippen LogP contribution in [0.25, 0.3) is 0 Å². The van der Waals surface area contributed by atoms with Crippen LogP contribution in [-0.4, -0.2) is 78.8 Å². The number of amides is 1. The second kappa shape index (κ2) is 11.2. The van der Waals surface area contributed by atoms with Crippen molar-refractivity contribution in [2.24, 2.45) is 0 Å². The summed E-state index contributed by atoms with van der Waals surface area (Å²) >= 11 is 0. The monoisotopic (exact) mass is 511 g/mol. The average Bonchev–Trinajstić information content (AvgIpc) is 2.82. The number of benzene rings is 2. The predicted octanol–water partition coefficient (Wildman–Crippen LogP) is 1.06. The van der Waals surface area contributed by atoms with Crippen molar-refractivity contribution < 1.29 is 31.1 Å². The molecule has 1 amide bonds. The normalized spacial score (nSPS) is 15.9. The Labute approximate surface area is 200 Å². The van der Waals surface area contributed by atoms with E-state index in [1.54, 1.807) is 42.5 Å². The van der Waals surface area contributed by atoms with Gasteiger partial charge in [-0.05, 0) is 43.3 Å². The van der Waals surface area contributed by atoms with Gasteiger partial charge in [0.2, 0.25) is 26.0 Å². The van der Waals surface area contributed by atoms with Crippen LogP contribution in [0.5, 0.6) is 5.75 Å². The van der Waals surface area contributed by atoms with Gasteiger partial charge in [-0.15, -0.1) is 0 Å². The zero-order chi connectivity index (χ0) is 24.8. The second-order valence-electron chi connectivity index (χ2n) is 7.70. The third-order valence-corrected chi connectivity index (χ3v) is 8.36. The molecule has 0 unspecified atom stereocenters. The van der Waals surface area contributed by atoms with Crippen LogP contribution in [0.2, 0.25) is 0 Å². The number of anilines is 1. The third kappa shape index (κ3) is 6.47. The number of morpholine rings is 1. The molecule has 3 rings (SSSR count). The molecular formula is C22H29N3O7S2. The largest absolute Gasteiger partial charge is 0.492 e. The van der Waals surface area contributed by atoms with Crippen LogP contribution >= 0.6 is 0 Å². The Balaban J connectivity index is 1.52. The van der Waals surface area contributed by atoms with Gasteiger partial charge in [0.25, 0.3) is 0 Å². The SMILES string of the molecule is C[C@@H](C(=O)NCCOc1ccc(S(=O)(=O)N2CCOCC2)cc1)N(c1ccccc1)S(C)(=O)=O. The van der Waals surface area contributed by atoms with Gasteiger partial charge in [0.15, 0.2) is 0 Å². The molecule has 1 fully saturated rings. The Bertz CT molecular complexity index is 1160. The molecule has 2 aromatic rings. The molecule has 34 heavy (non-hydrogen) atoms. The molecule has 0 saturated carbocycles. The number of para-hydroxylation sites is 1. The predicted molar refractivity (Wildman–Crippen MR) is 128 cm³/mol. The summed E-state index contributed by atoms with van der Waals surface area (Å²) in [5.41, 5.74) is 0.399. The molecule has 1 saturated heterocycles. The number of carbonyl (C=O) groups is 1. The Morgan fingerprint density at radius 2 is 1.68 bits per heavy atom. The van der Waals surface area contributed by atoms with E-state index in [-0.39, 0.29) is 18.0 Å². The Morgan fingerprint density at radius 3 is 2.26 bits per heavy atom. The van der Waals surface area contributed by atoms with E-state index in [2.05, 4.69) is 5.32 Å². The van der Waals surface area contributed by atoms with Crippen molar-refractivity contribution in [3.8, 4) is 5.75 Å². The van der Waals surface area contributed by atoms with Gasteiger partial charge in [-0.1, -0.05) is 18.2 Å². The summed E-state index contributed by atoms with van der Waals surface area (Å²) in [7, 11) is -7.26. The van der Waals surface area contributed by atoms with Gasteiger partial charge in [-0.3, -0.25) is 9.10 Å². The smallest absolute Gasteiger partial charge is 0.243 e. The lowest BCUT2D eigenvalue weighted by Crippen LogP contribution is -2.48. The molecule has 1 aliphatic rings. The van der Waals surface area contributed by atoms with Gasteiger partial charge in [-0.2, -0.15) is 4.31 Å². The Morgan fingerprint density at radius 1 is 1.06 bits per heavy atom. The van der Waals surface area contributed by atoms with Gasteiger partial charge in [0.1, 0.15) is 18.4 Å². The van der Waals surface area contributed by atoms with Crippen molar-refractivity contribution in [3.05, 3.63) is 54.6 Å². The molecule has 1 atom stereocenters. The standard InChI is InChI=1S/C22H29N3O7S2/c1-18(25(33(2,27)28)19-6-4-3-5-7-19)22(26)23-12-15-32-20-8-10-21(11-9-20)34(29,30)24-13-16-31-17-14-24/h3-11,18H,12-17H2,1-2H3,(H,23,26)/t18-/m0/s1. The first kappa shape index (κ1) is 25.9. The van der Waals surface area contributed by atoms with Crippen LogP contribution in [0, 0.1) is 0 Å². The average molecular weight is 512 g/mol.